The van der Waals surface area contributed by atoms with Crippen LogP contribution in [0.3, 0.4) is 0 Å². The summed E-state index contributed by atoms with van der Waals surface area (Å²) < 4.78 is 15.8. The summed E-state index contributed by atoms with van der Waals surface area (Å²) in [7, 11) is 0. The van der Waals surface area contributed by atoms with Crippen LogP contribution in [-0.2, 0) is 25.5 Å². The molecule has 0 spiro atoms. The molecule has 2 amide bonds. The minimum absolute atomic E-state index is 0.0878. The molecule has 32 heavy (non-hydrogen) atoms. The molecule has 0 radical (unpaired) electrons. The fourth-order valence-electron chi connectivity index (χ4n) is 2.93. The van der Waals surface area contributed by atoms with Gasteiger partial charge in [0.05, 0.1) is 12.3 Å². The summed E-state index contributed by atoms with van der Waals surface area (Å²) in [5, 5.41) is 3.96. The first-order valence-corrected chi connectivity index (χ1v) is 11.4. The van der Waals surface area contributed by atoms with Gasteiger partial charge in [-0.2, -0.15) is 0 Å². The molecule has 180 valence electrons. The summed E-state index contributed by atoms with van der Waals surface area (Å²) in [6.07, 6.45) is 1.93. The van der Waals surface area contributed by atoms with Crippen molar-refractivity contribution in [2.45, 2.75) is 78.5 Å². The number of nitrogens with one attached hydrogen (secondary N) is 2. The van der Waals surface area contributed by atoms with E-state index in [0.29, 0.717) is 25.1 Å². The van der Waals surface area contributed by atoms with Crippen LogP contribution in [-0.4, -0.2) is 58.8 Å². The summed E-state index contributed by atoms with van der Waals surface area (Å²) in [6.45, 7) is 11.8. The third kappa shape index (κ3) is 8.78. The Morgan fingerprint density at radius 1 is 1.31 bits per heavy atom. The summed E-state index contributed by atoms with van der Waals surface area (Å²) in [6, 6.07) is -1.61. The maximum atomic E-state index is 13.3. The molecule has 0 aromatic carbocycles. The van der Waals surface area contributed by atoms with Crippen LogP contribution >= 0.6 is 15.9 Å². The highest BCUT2D eigenvalue weighted by molar-refractivity contribution is 9.10. The monoisotopic (exact) mass is 516 g/mol. The Balaban J connectivity index is 2.09. The van der Waals surface area contributed by atoms with E-state index in [1.807, 2.05) is 20.8 Å². The Bertz CT molecular complexity index is 814. The molecule has 1 aliphatic rings. The third-order valence-electron chi connectivity index (χ3n) is 4.31. The largest absolute Gasteiger partial charge is 0.464 e. The number of nitrogens with zero attached hydrogens (tertiary/aromatic N) is 2. The SMILES string of the molecule is CC(C)(C)COC(=O)[C@@H]1CCCN(C(=O)[C@H](Cc2coc(Br)n2)NC(=O)OC(C)(C)C)N1. The standard InChI is InChI=1S/C21H33BrN4O6/c1-20(2,3)12-31-17(28)14-8-7-9-26(25-14)16(27)15(10-13-11-30-18(22)23-13)24-19(29)32-21(4,5)6/h11,14-15,25H,7-10,12H2,1-6H3,(H,24,29)/t14-,15-/m0/s1. The zero-order valence-electron chi connectivity index (χ0n) is 19.5. The van der Waals surface area contributed by atoms with Gasteiger partial charge in [-0.1, -0.05) is 20.8 Å². The minimum atomic E-state index is -0.973. The van der Waals surface area contributed by atoms with E-state index in [1.54, 1.807) is 20.8 Å². The number of esters is 1. The van der Waals surface area contributed by atoms with E-state index in [0.717, 1.165) is 0 Å². The van der Waals surface area contributed by atoms with Gasteiger partial charge in [0, 0.05) is 28.9 Å². The molecule has 2 heterocycles. The van der Waals surface area contributed by atoms with Crippen molar-refractivity contribution in [3.63, 3.8) is 0 Å². The lowest BCUT2D eigenvalue weighted by atomic mass is 9.98. The van der Waals surface area contributed by atoms with Gasteiger partial charge in [-0.3, -0.25) is 14.6 Å². The molecule has 0 bridgehead atoms. The van der Waals surface area contributed by atoms with Crippen molar-refractivity contribution in [2.75, 3.05) is 13.2 Å². The lowest BCUT2D eigenvalue weighted by molar-refractivity contribution is -0.154. The van der Waals surface area contributed by atoms with Crippen LogP contribution in [0.1, 0.15) is 60.1 Å². The summed E-state index contributed by atoms with van der Waals surface area (Å²) in [5.41, 5.74) is 2.54. The van der Waals surface area contributed by atoms with Gasteiger partial charge in [0.25, 0.3) is 10.7 Å². The fourth-order valence-corrected chi connectivity index (χ4v) is 3.25. The van der Waals surface area contributed by atoms with Crippen molar-refractivity contribution < 1.29 is 28.3 Å². The van der Waals surface area contributed by atoms with E-state index in [-0.39, 0.29) is 23.2 Å². The van der Waals surface area contributed by atoms with Crippen molar-refractivity contribution in [1.82, 2.24) is 20.7 Å². The summed E-state index contributed by atoms with van der Waals surface area (Å²) in [5.74, 6) is -0.821. The predicted molar refractivity (Wildman–Crippen MR) is 119 cm³/mol. The van der Waals surface area contributed by atoms with Gasteiger partial charge in [0.2, 0.25) is 0 Å². The van der Waals surface area contributed by atoms with Crippen LogP contribution in [0.15, 0.2) is 15.5 Å². The van der Waals surface area contributed by atoms with E-state index in [9.17, 15) is 14.4 Å². The first-order valence-electron chi connectivity index (χ1n) is 10.6. The molecule has 2 rings (SSSR count). The second-order valence-electron chi connectivity index (χ2n) is 9.98. The number of carbonyl (C=O) groups is 3. The van der Waals surface area contributed by atoms with Crippen LogP contribution in [0, 0.1) is 5.41 Å². The van der Waals surface area contributed by atoms with E-state index in [4.69, 9.17) is 13.9 Å². The van der Waals surface area contributed by atoms with Crippen molar-refractivity contribution in [3.05, 3.63) is 16.8 Å². The molecule has 1 aromatic rings. The first-order chi connectivity index (χ1) is 14.7. The number of carbonyl (C=O) groups excluding carboxylic acids is 3. The van der Waals surface area contributed by atoms with Gasteiger partial charge >= 0.3 is 12.1 Å². The fraction of sp³-hybridized carbons (Fsp3) is 0.714. The van der Waals surface area contributed by atoms with Gasteiger partial charge in [0.1, 0.15) is 23.9 Å². The summed E-state index contributed by atoms with van der Waals surface area (Å²) >= 11 is 3.13. The zero-order valence-corrected chi connectivity index (χ0v) is 21.1. The number of oxazole rings is 1. The van der Waals surface area contributed by atoms with Gasteiger partial charge < -0.3 is 19.2 Å². The maximum Gasteiger partial charge on any atom is 0.408 e. The number of alkyl carbamates (subject to hydrolysis) is 1. The van der Waals surface area contributed by atoms with E-state index in [1.165, 1.54) is 11.3 Å². The third-order valence-corrected chi connectivity index (χ3v) is 4.67. The second kappa shape index (κ2) is 10.7. The Labute approximate surface area is 196 Å². The molecule has 1 aliphatic heterocycles. The number of hydrogen-bond donors (Lipinski definition) is 2. The predicted octanol–water partition coefficient (Wildman–Crippen LogP) is 2.96. The number of hydrogen-bond acceptors (Lipinski definition) is 8. The topological polar surface area (TPSA) is 123 Å². The van der Waals surface area contributed by atoms with Crippen molar-refractivity contribution in [3.8, 4) is 0 Å². The molecule has 11 heteroatoms. The quantitative estimate of drug-likeness (QED) is 0.553. The Morgan fingerprint density at radius 3 is 2.56 bits per heavy atom. The molecule has 0 unspecified atom stereocenters. The molecule has 0 saturated carbocycles. The highest BCUT2D eigenvalue weighted by Gasteiger charge is 2.34. The zero-order chi connectivity index (χ0) is 24.1. The smallest absolute Gasteiger partial charge is 0.408 e. The van der Waals surface area contributed by atoms with Crippen molar-refractivity contribution in [2.24, 2.45) is 5.41 Å². The molecule has 0 aliphatic carbocycles. The Hall–Kier alpha value is -2.14. The lowest BCUT2D eigenvalue weighted by Crippen LogP contribution is -2.60. The number of halogens is 1. The molecular weight excluding hydrogens is 484 g/mol. The maximum absolute atomic E-state index is 13.3. The van der Waals surface area contributed by atoms with Crippen LogP contribution in [0.5, 0.6) is 0 Å². The van der Waals surface area contributed by atoms with E-state index >= 15 is 0 Å². The number of hydrazine groups is 1. The van der Waals surface area contributed by atoms with Gasteiger partial charge in [-0.25, -0.2) is 15.2 Å². The van der Waals surface area contributed by atoms with E-state index in [2.05, 4.69) is 31.7 Å². The molecule has 1 fully saturated rings. The normalized spacial score (nSPS) is 18.1. The Kier molecular flexibility index (Phi) is 8.69. The average Bonchev–Trinajstić information content (AvgIpc) is 3.07. The second-order valence-corrected chi connectivity index (χ2v) is 10.7. The van der Waals surface area contributed by atoms with Crippen molar-refractivity contribution >= 4 is 33.9 Å². The minimum Gasteiger partial charge on any atom is -0.464 e. The highest BCUT2D eigenvalue weighted by Crippen LogP contribution is 2.17. The molecular formula is C21H33BrN4O6. The molecule has 2 N–H and O–H groups in total. The van der Waals surface area contributed by atoms with Crippen LogP contribution in [0.25, 0.3) is 0 Å². The van der Waals surface area contributed by atoms with Gasteiger partial charge in [0.15, 0.2) is 0 Å². The van der Waals surface area contributed by atoms with Crippen LogP contribution in [0.2, 0.25) is 0 Å². The average molecular weight is 517 g/mol. The molecule has 1 saturated heterocycles. The Morgan fingerprint density at radius 2 is 2.00 bits per heavy atom. The summed E-state index contributed by atoms with van der Waals surface area (Å²) in [4.78, 5) is 42.5. The van der Waals surface area contributed by atoms with Crippen LogP contribution < -0.4 is 10.7 Å². The lowest BCUT2D eigenvalue weighted by Gasteiger charge is -2.35. The van der Waals surface area contributed by atoms with Crippen LogP contribution in [0.4, 0.5) is 4.79 Å². The molecule has 2 atom stereocenters. The number of rotatable bonds is 6. The van der Waals surface area contributed by atoms with Crippen molar-refractivity contribution in [1.29, 1.82) is 0 Å². The molecule has 1 aromatic heterocycles. The number of ether oxygens (including phenoxy) is 2. The van der Waals surface area contributed by atoms with Gasteiger partial charge in [-0.15, -0.1) is 0 Å². The highest BCUT2D eigenvalue weighted by atomic mass is 79.9. The number of amides is 2. The first kappa shape index (κ1) is 26.1. The van der Waals surface area contributed by atoms with E-state index < -0.39 is 35.7 Å². The number of aromatic nitrogens is 1. The molecule has 10 nitrogen and oxygen atoms in total. The van der Waals surface area contributed by atoms with Gasteiger partial charge in [-0.05, 0) is 39.0 Å².